The molecule has 0 fully saturated rings. The summed E-state index contributed by atoms with van der Waals surface area (Å²) < 4.78 is 4.70. The number of nitrogens with two attached hydrogens (primary N) is 1. The molecule has 0 aliphatic carbocycles. The molecule has 0 aromatic heterocycles. The van der Waals surface area contributed by atoms with Gasteiger partial charge in [-0.3, -0.25) is 4.79 Å². The van der Waals surface area contributed by atoms with Crippen molar-refractivity contribution in [3.63, 3.8) is 0 Å². The monoisotopic (exact) mass is 258 g/mol. The molecule has 1 amide bonds. The second-order valence-corrected chi connectivity index (χ2v) is 5.13. The number of carbonyl (C=O) groups excluding carboxylic acids is 2. The third-order valence-electron chi connectivity index (χ3n) is 3.05. The van der Waals surface area contributed by atoms with E-state index >= 15 is 0 Å². The van der Waals surface area contributed by atoms with Crippen molar-refractivity contribution < 1.29 is 14.3 Å². The lowest BCUT2D eigenvalue weighted by molar-refractivity contribution is -0.148. The Labute approximate surface area is 109 Å². The average molecular weight is 258 g/mol. The first-order chi connectivity index (χ1) is 8.31. The van der Waals surface area contributed by atoms with Gasteiger partial charge in [-0.2, -0.15) is 0 Å². The predicted octanol–water partition coefficient (Wildman–Crippen LogP) is 0.921. The summed E-state index contributed by atoms with van der Waals surface area (Å²) in [5, 5.41) is 2.72. The summed E-state index contributed by atoms with van der Waals surface area (Å²) in [7, 11) is 0. The van der Waals surface area contributed by atoms with Crippen LogP contribution < -0.4 is 11.1 Å². The summed E-state index contributed by atoms with van der Waals surface area (Å²) in [6.45, 7) is 10.9. The van der Waals surface area contributed by atoms with Gasteiger partial charge in [-0.25, -0.2) is 4.79 Å². The van der Waals surface area contributed by atoms with Gasteiger partial charge < -0.3 is 15.8 Å². The van der Waals surface area contributed by atoms with Crippen LogP contribution in [-0.4, -0.2) is 31.1 Å². The maximum Gasteiger partial charge on any atom is 0.332 e. The van der Waals surface area contributed by atoms with Crippen molar-refractivity contribution in [2.45, 2.75) is 40.7 Å². The fourth-order valence-corrected chi connectivity index (χ4v) is 1.91. The molecular weight excluding hydrogens is 232 g/mol. The van der Waals surface area contributed by atoms with Crippen LogP contribution in [0.1, 0.15) is 34.6 Å². The zero-order valence-corrected chi connectivity index (χ0v) is 12.0. The molecule has 0 radical (unpaired) electrons. The molecule has 5 nitrogen and oxygen atoms in total. The van der Waals surface area contributed by atoms with Gasteiger partial charge in [0.25, 0.3) is 0 Å². The highest BCUT2D eigenvalue weighted by Gasteiger charge is 2.25. The van der Waals surface area contributed by atoms with E-state index in [2.05, 4.69) is 33.0 Å². The van der Waals surface area contributed by atoms with Crippen LogP contribution in [0.4, 0.5) is 0 Å². The fraction of sp³-hybridized carbons (Fsp3) is 0.846. The summed E-state index contributed by atoms with van der Waals surface area (Å²) in [6.07, 6.45) is 0. The molecule has 3 N–H and O–H groups in total. The van der Waals surface area contributed by atoms with Crippen LogP contribution >= 0.6 is 0 Å². The highest BCUT2D eigenvalue weighted by molar-refractivity contribution is 6.01. The Morgan fingerprint density at radius 1 is 1.17 bits per heavy atom. The average Bonchev–Trinajstić information content (AvgIpc) is 2.27. The predicted molar refractivity (Wildman–Crippen MR) is 70.8 cm³/mol. The highest BCUT2D eigenvalue weighted by atomic mass is 16.5. The number of ether oxygens (including phenoxy) is 1. The van der Waals surface area contributed by atoms with Crippen LogP contribution in [-0.2, 0) is 14.3 Å². The summed E-state index contributed by atoms with van der Waals surface area (Å²) in [5.41, 5.74) is 5.50. The quantitative estimate of drug-likeness (QED) is 0.525. The van der Waals surface area contributed by atoms with Gasteiger partial charge in [0.05, 0.1) is 6.61 Å². The van der Waals surface area contributed by atoms with E-state index in [4.69, 9.17) is 10.5 Å². The van der Waals surface area contributed by atoms with E-state index in [1.54, 1.807) is 6.92 Å². The Kier molecular flexibility index (Phi) is 7.59. The van der Waals surface area contributed by atoms with Gasteiger partial charge in [0.15, 0.2) is 6.04 Å². The van der Waals surface area contributed by atoms with Crippen molar-refractivity contribution in [1.29, 1.82) is 0 Å². The second-order valence-electron chi connectivity index (χ2n) is 5.13. The lowest BCUT2D eigenvalue weighted by Gasteiger charge is -2.25. The minimum atomic E-state index is -1.23. The van der Waals surface area contributed by atoms with E-state index in [-0.39, 0.29) is 6.61 Å². The van der Waals surface area contributed by atoms with Gasteiger partial charge in [0.2, 0.25) is 5.91 Å². The molecule has 0 aromatic carbocycles. The van der Waals surface area contributed by atoms with Crippen LogP contribution in [0.5, 0.6) is 0 Å². The standard InChI is InChI=1S/C13H26N2O3/c1-6-18-13(17)11(14)12(16)15-7-10(8(2)3)9(4)5/h8-11H,6-7,14H2,1-5H3,(H,15,16). The summed E-state index contributed by atoms with van der Waals surface area (Å²) in [4.78, 5) is 23.0. The first-order valence-electron chi connectivity index (χ1n) is 6.51. The lowest BCUT2D eigenvalue weighted by atomic mass is 9.85. The minimum absolute atomic E-state index is 0.223. The molecule has 0 heterocycles. The normalized spacial score (nSPS) is 12.9. The number of carbonyl (C=O) groups is 2. The third-order valence-corrected chi connectivity index (χ3v) is 3.05. The molecule has 0 bridgehead atoms. The topological polar surface area (TPSA) is 81.4 Å². The second kappa shape index (κ2) is 8.08. The molecule has 106 valence electrons. The fourth-order valence-electron chi connectivity index (χ4n) is 1.91. The smallest absolute Gasteiger partial charge is 0.332 e. The number of rotatable bonds is 7. The number of amides is 1. The number of hydrogen-bond acceptors (Lipinski definition) is 4. The summed E-state index contributed by atoms with van der Waals surface area (Å²) in [6, 6.07) is -1.23. The zero-order chi connectivity index (χ0) is 14.3. The van der Waals surface area contributed by atoms with E-state index in [1.165, 1.54) is 0 Å². The molecule has 1 atom stereocenters. The molecular formula is C13H26N2O3. The van der Waals surface area contributed by atoms with Crippen molar-refractivity contribution in [2.24, 2.45) is 23.5 Å². The molecule has 1 unspecified atom stereocenters. The zero-order valence-electron chi connectivity index (χ0n) is 12.0. The van der Waals surface area contributed by atoms with Crippen molar-refractivity contribution in [3.05, 3.63) is 0 Å². The van der Waals surface area contributed by atoms with Crippen molar-refractivity contribution >= 4 is 11.9 Å². The molecule has 0 spiro atoms. The van der Waals surface area contributed by atoms with Gasteiger partial charge in [-0.05, 0) is 24.7 Å². The highest BCUT2D eigenvalue weighted by Crippen LogP contribution is 2.19. The Morgan fingerprint density at radius 3 is 2.06 bits per heavy atom. The Morgan fingerprint density at radius 2 is 1.67 bits per heavy atom. The summed E-state index contributed by atoms with van der Waals surface area (Å²) >= 11 is 0. The molecule has 0 rings (SSSR count). The minimum Gasteiger partial charge on any atom is -0.464 e. The van der Waals surface area contributed by atoms with E-state index < -0.39 is 17.9 Å². The van der Waals surface area contributed by atoms with E-state index in [9.17, 15) is 9.59 Å². The molecule has 18 heavy (non-hydrogen) atoms. The maximum atomic E-state index is 11.7. The van der Waals surface area contributed by atoms with Crippen LogP contribution in [0.2, 0.25) is 0 Å². The first kappa shape index (κ1) is 16.9. The van der Waals surface area contributed by atoms with Crippen LogP contribution in [0.25, 0.3) is 0 Å². The van der Waals surface area contributed by atoms with Gasteiger partial charge in [-0.15, -0.1) is 0 Å². The molecule has 0 aliphatic rings. The van der Waals surface area contributed by atoms with Gasteiger partial charge in [0.1, 0.15) is 0 Å². The Balaban J connectivity index is 4.27. The van der Waals surface area contributed by atoms with Crippen molar-refractivity contribution in [1.82, 2.24) is 5.32 Å². The maximum absolute atomic E-state index is 11.7. The molecule has 0 saturated heterocycles. The van der Waals surface area contributed by atoms with Crippen LogP contribution in [0, 0.1) is 17.8 Å². The van der Waals surface area contributed by atoms with Gasteiger partial charge in [-0.1, -0.05) is 27.7 Å². The molecule has 0 aromatic rings. The van der Waals surface area contributed by atoms with E-state index in [1.807, 2.05) is 0 Å². The first-order valence-corrected chi connectivity index (χ1v) is 6.51. The molecule has 5 heteroatoms. The third kappa shape index (κ3) is 5.49. The van der Waals surface area contributed by atoms with E-state index in [0.717, 1.165) is 0 Å². The summed E-state index contributed by atoms with van der Waals surface area (Å²) in [5.74, 6) is 0.136. The van der Waals surface area contributed by atoms with Gasteiger partial charge in [0, 0.05) is 6.54 Å². The van der Waals surface area contributed by atoms with Crippen molar-refractivity contribution in [2.75, 3.05) is 13.2 Å². The SMILES string of the molecule is CCOC(=O)C(N)C(=O)NCC(C(C)C)C(C)C. The van der Waals surface area contributed by atoms with Crippen molar-refractivity contribution in [3.8, 4) is 0 Å². The van der Waals surface area contributed by atoms with Crippen LogP contribution in [0.15, 0.2) is 0 Å². The lowest BCUT2D eigenvalue weighted by Crippen LogP contribution is -2.48. The van der Waals surface area contributed by atoms with Crippen LogP contribution in [0.3, 0.4) is 0 Å². The number of esters is 1. The molecule has 0 aliphatic heterocycles. The number of nitrogens with one attached hydrogen (secondary N) is 1. The number of hydrogen-bond donors (Lipinski definition) is 2. The van der Waals surface area contributed by atoms with Gasteiger partial charge >= 0.3 is 5.97 Å². The Hall–Kier alpha value is -1.10. The van der Waals surface area contributed by atoms with E-state index in [0.29, 0.717) is 24.3 Å². The Bertz CT molecular complexity index is 269. The molecule has 0 saturated carbocycles. The largest absolute Gasteiger partial charge is 0.464 e.